The maximum Gasteiger partial charge on any atom is 0.433 e. The number of H-pyrrole nitrogens is 1. The Morgan fingerprint density at radius 2 is 2.14 bits per heavy atom. The Balaban J connectivity index is 1.60. The number of benzene rings is 1. The second-order valence-corrected chi connectivity index (χ2v) is 4.90. The first-order chi connectivity index (χ1) is 10.1. The average molecular weight is 297 g/mol. The van der Waals surface area contributed by atoms with E-state index >= 15 is 0 Å². The van der Waals surface area contributed by atoms with Crippen molar-refractivity contribution in [1.29, 1.82) is 0 Å². The molecule has 0 spiro atoms. The van der Waals surface area contributed by atoms with E-state index in [2.05, 4.69) is 10.4 Å². The van der Waals surface area contributed by atoms with Crippen molar-refractivity contribution >= 4 is 0 Å². The zero-order valence-electron chi connectivity index (χ0n) is 11.1. The maximum atomic E-state index is 12.7. The van der Waals surface area contributed by atoms with Gasteiger partial charge in [0.2, 0.25) is 0 Å². The van der Waals surface area contributed by atoms with Gasteiger partial charge in [-0.05, 0) is 11.1 Å². The van der Waals surface area contributed by atoms with Crippen LogP contribution in [0.4, 0.5) is 13.2 Å². The second-order valence-electron chi connectivity index (χ2n) is 4.90. The van der Waals surface area contributed by atoms with Crippen LogP contribution in [0.15, 0.2) is 30.5 Å². The molecule has 1 aliphatic rings. The van der Waals surface area contributed by atoms with E-state index in [1.807, 2.05) is 29.4 Å². The first-order valence-electron chi connectivity index (χ1n) is 6.55. The van der Waals surface area contributed by atoms with E-state index in [0.29, 0.717) is 13.2 Å². The van der Waals surface area contributed by atoms with Crippen LogP contribution in [0.3, 0.4) is 0 Å². The van der Waals surface area contributed by atoms with Crippen LogP contribution in [0.5, 0.6) is 0 Å². The van der Waals surface area contributed by atoms with Gasteiger partial charge in [-0.1, -0.05) is 24.3 Å². The van der Waals surface area contributed by atoms with E-state index in [1.165, 1.54) is 6.20 Å². The summed E-state index contributed by atoms with van der Waals surface area (Å²) in [5.41, 5.74) is 1.52. The molecule has 0 bridgehead atoms. The van der Waals surface area contributed by atoms with Gasteiger partial charge in [-0.2, -0.15) is 18.3 Å². The lowest BCUT2D eigenvalue weighted by Crippen LogP contribution is -2.22. The highest BCUT2D eigenvalue weighted by atomic mass is 19.4. The Bertz CT molecular complexity index is 624. The van der Waals surface area contributed by atoms with Crippen LogP contribution < -0.4 is 5.32 Å². The summed E-state index contributed by atoms with van der Waals surface area (Å²) in [7, 11) is 0. The highest BCUT2D eigenvalue weighted by Gasteiger charge is 2.35. The van der Waals surface area contributed by atoms with Crippen LogP contribution in [0.25, 0.3) is 0 Å². The normalized spacial score (nSPS) is 18.0. The van der Waals surface area contributed by atoms with Crippen molar-refractivity contribution < 1.29 is 17.9 Å². The molecule has 0 saturated carbocycles. The molecule has 0 radical (unpaired) electrons. The number of fused-ring (bicyclic) bond motifs is 1. The number of hydrogen-bond donors (Lipinski definition) is 2. The minimum Gasteiger partial charge on any atom is -0.367 e. The van der Waals surface area contributed by atoms with Crippen molar-refractivity contribution in [2.75, 3.05) is 6.54 Å². The zero-order chi connectivity index (χ0) is 14.9. The van der Waals surface area contributed by atoms with Gasteiger partial charge in [0.25, 0.3) is 0 Å². The summed E-state index contributed by atoms with van der Waals surface area (Å²) in [6.45, 7) is 1.09. The molecule has 0 fully saturated rings. The van der Waals surface area contributed by atoms with Crippen LogP contribution >= 0.6 is 0 Å². The van der Waals surface area contributed by atoms with Crippen LogP contribution in [0, 0.1) is 0 Å². The van der Waals surface area contributed by atoms with E-state index in [0.717, 1.165) is 11.1 Å². The molecule has 21 heavy (non-hydrogen) atoms. The predicted molar refractivity (Wildman–Crippen MR) is 69.3 cm³/mol. The monoisotopic (exact) mass is 297 g/mol. The van der Waals surface area contributed by atoms with E-state index in [-0.39, 0.29) is 18.2 Å². The molecule has 3 rings (SSSR count). The molecule has 2 heterocycles. The minimum absolute atomic E-state index is 0.0906. The molecule has 112 valence electrons. The van der Waals surface area contributed by atoms with Gasteiger partial charge >= 0.3 is 6.18 Å². The zero-order valence-corrected chi connectivity index (χ0v) is 11.1. The first kappa shape index (κ1) is 14.1. The third-order valence-corrected chi connectivity index (χ3v) is 3.49. The first-order valence-corrected chi connectivity index (χ1v) is 6.55. The minimum atomic E-state index is -4.41. The van der Waals surface area contributed by atoms with Crippen molar-refractivity contribution in [3.8, 4) is 0 Å². The number of ether oxygens (including phenoxy) is 1. The molecule has 2 aromatic rings. The third kappa shape index (κ3) is 2.93. The SMILES string of the molecule is FC(F)(F)c1[nH]ncc1CNCC1OCc2ccccc21. The van der Waals surface area contributed by atoms with E-state index in [1.54, 1.807) is 0 Å². The molecule has 0 saturated heterocycles. The van der Waals surface area contributed by atoms with Gasteiger partial charge < -0.3 is 10.1 Å². The number of alkyl halides is 3. The summed E-state index contributed by atoms with van der Waals surface area (Å²) in [5, 5.41) is 8.45. The fourth-order valence-electron chi connectivity index (χ4n) is 2.46. The predicted octanol–water partition coefficient (Wildman–Crippen LogP) is 2.79. The Morgan fingerprint density at radius 3 is 2.95 bits per heavy atom. The quantitative estimate of drug-likeness (QED) is 0.912. The van der Waals surface area contributed by atoms with Gasteiger partial charge in [0.05, 0.1) is 18.9 Å². The smallest absolute Gasteiger partial charge is 0.367 e. The van der Waals surface area contributed by atoms with Crippen molar-refractivity contribution in [1.82, 2.24) is 15.5 Å². The van der Waals surface area contributed by atoms with Gasteiger partial charge in [0, 0.05) is 18.7 Å². The van der Waals surface area contributed by atoms with Crippen molar-refractivity contribution in [3.63, 3.8) is 0 Å². The third-order valence-electron chi connectivity index (χ3n) is 3.49. The highest BCUT2D eigenvalue weighted by Crippen LogP contribution is 2.31. The van der Waals surface area contributed by atoms with Crippen LogP contribution in [0.2, 0.25) is 0 Å². The molecule has 7 heteroatoms. The summed E-state index contributed by atoms with van der Waals surface area (Å²) in [6, 6.07) is 7.85. The number of hydrogen-bond acceptors (Lipinski definition) is 3. The Labute approximate surface area is 119 Å². The van der Waals surface area contributed by atoms with Crippen LogP contribution in [-0.2, 0) is 24.1 Å². The lowest BCUT2D eigenvalue weighted by atomic mass is 10.1. The van der Waals surface area contributed by atoms with Crippen molar-refractivity contribution in [2.45, 2.75) is 25.4 Å². The summed E-state index contributed by atoms with van der Waals surface area (Å²) in [6.07, 6.45) is -3.34. The molecule has 1 aliphatic heterocycles. The fraction of sp³-hybridized carbons (Fsp3) is 0.357. The number of nitrogens with zero attached hydrogens (tertiary/aromatic N) is 1. The highest BCUT2D eigenvalue weighted by molar-refractivity contribution is 5.31. The molecule has 0 aliphatic carbocycles. The number of aromatic amines is 1. The van der Waals surface area contributed by atoms with Gasteiger partial charge in [-0.15, -0.1) is 0 Å². The van der Waals surface area contributed by atoms with Gasteiger partial charge in [0.15, 0.2) is 0 Å². The molecule has 1 unspecified atom stereocenters. The fourth-order valence-corrected chi connectivity index (χ4v) is 2.46. The standard InChI is InChI=1S/C14H14F3N3O/c15-14(16,17)13-10(6-19-20-13)5-18-7-12-11-4-2-1-3-9(11)8-21-12/h1-4,6,12,18H,5,7-8H2,(H,19,20). The Hall–Kier alpha value is -1.86. The lowest BCUT2D eigenvalue weighted by molar-refractivity contribution is -0.141. The molecule has 2 N–H and O–H groups in total. The number of aromatic nitrogens is 2. The van der Waals surface area contributed by atoms with E-state index in [4.69, 9.17) is 4.74 Å². The summed E-state index contributed by atoms with van der Waals surface area (Å²) < 4.78 is 43.7. The van der Waals surface area contributed by atoms with Gasteiger partial charge in [0.1, 0.15) is 5.69 Å². The molecule has 1 aromatic carbocycles. The van der Waals surface area contributed by atoms with E-state index in [9.17, 15) is 13.2 Å². The Morgan fingerprint density at radius 1 is 1.33 bits per heavy atom. The number of halogens is 3. The number of rotatable bonds is 4. The van der Waals surface area contributed by atoms with Crippen LogP contribution in [0.1, 0.15) is 28.5 Å². The summed E-state index contributed by atoms with van der Waals surface area (Å²) in [5.74, 6) is 0. The van der Waals surface area contributed by atoms with Gasteiger partial charge in [-0.3, -0.25) is 5.10 Å². The topological polar surface area (TPSA) is 49.9 Å². The maximum absolute atomic E-state index is 12.7. The van der Waals surface area contributed by atoms with Gasteiger partial charge in [-0.25, -0.2) is 0 Å². The second kappa shape index (κ2) is 5.50. The molecule has 0 amide bonds. The molecular weight excluding hydrogens is 283 g/mol. The number of nitrogens with one attached hydrogen (secondary N) is 2. The van der Waals surface area contributed by atoms with Crippen molar-refractivity contribution in [3.05, 3.63) is 52.8 Å². The largest absolute Gasteiger partial charge is 0.433 e. The Kier molecular flexibility index (Phi) is 3.69. The molecule has 4 nitrogen and oxygen atoms in total. The van der Waals surface area contributed by atoms with Crippen LogP contribution in [-0.4, -0.2) is 16.7 Å². The summed E-state index contributed by atoms with van der Waals surface area (Å²) in [4.78, 5) is 0. The molecular formula is C14H14F3N3O. The average Bonchev–Trinajstić information content (AvgIpc) is 3.05. The van der Waals surface area contributed by atoms with E-state index < -0.39 is 11.9 Å². The lowest BCUT2D eigenvalue weighted by Gasteiger charge is -2.13. The molecule has 1 atom stereocenters. The van der Waals surface area contributed by atoms with Crippen molar-refractivity contribution in [2.24, 2.45) is 0 Å². The molecule has 1 aromatic heterocycles. The summed E-state index contributed by atoms with van der Waals surface area (Å²) >= 11 is 0.